The summed E-state index contributed by atoms with van der Waals surface area (Å²) < 4.78 is 0. The van der Waals surface area contributed by atoms with E-state index >= 15 is 0 Å². The van der Waals surface area contributed by atoms with Crippen LogP contribution in [0.2, 0.25) is 0 Å². The van der Waals surface area contributed by atoms with Gasteiger partial charge < -0.3 is 5.43 Å². The molecule has 1 saturated carbocycles. The van der Waals surface area contributed by atoms with Crippen LogP contribution >= 0.6 is 0 Å². The van der Waals surface area contributed by atoms with Crippen molar-refractivity contribution in [1.29, 1.82) is 0 Å². The molecule has 1 aromatic rings. The van der Waals surface area contributed by atoms with Crippen LogP contribution in [0, 0.1) is 5.92 Å². The van der Waals surface area contributed by atoms with Gasteiger partial charge in [0.05, 0.1) is 11.4 Å². The van der Waals surface area contributed by atoms with Crippen LogP contribution in [0.15, 0.2) is 18.3 Å². The number of nitrogen functional groups attached to an aromatic ring is 1. The number of fused-ring (bicyclic) bond motifs is 1. The van der Waals surface area contributed by atoms with Gasteiger partial charge in [0, 0.05) is 18.8 Å². The second-order valence-electron chi connectivity index (χ2n) is 5.90. The number of likely N-dealkylation sites (tertiary alicyclic amines) is 1. The first kappa shape index (κ1) is 12.9. The van der Waals surface area contributed by atoms with Gasteiger partial charge in [-0.25, -0.2) is 0 Å². The molecule has 3 N–H and O–H groups in total. The van der Waals surface area contributed by atoms with Gasteiger partial charge in [-0.3, -0.25) is 15.7 Å². The minimum Gasteiger partial charge on any atom is -0.324 e. The van der Waals surface area contributed by atoms with Crippen LogP contribution in [0.1, 0.15) is 44.2 Å². The fourth-order valence-corrected chi connectivity index (χ4v) is 3.79. The van der Waals surface area contributed by atoms with Gasteiger partial charge in [0.2, 0.25) is 0 Å². The molecule has 104 valence electrons. The molecule has 2 unspecified atom stereocenters. The average molecular weight is 260 g/mol. The minimum absolute atomic E-state index is 0.791. The van der Waals surface area contributed by atoms with Crippen LogP contribution in [0.5, 0.6) is 0 Å². The molecular formula is C15H24N4. The van der Waals surface area contributed by atoms with Crippen molar-refractivity contribution in [3.05, 3.63) is 24.0 Å². The summed E-state index contributed by atoms with van der Waals surface area (Å²) in [5.41, 5.74) is 4.78. The van der Waals surface area contributed by atoms with Crippen molar-refractivity contribution < 1.29 is 0 Å². The Morgan fingerprint density at radius 3 is 3.00 bits per heavy atom. The highest BCUT2D eigenvalue weighted by atomic mass is 15.2. The summed E-state index contributed by atoms with van der Waals surface area (Å²) >= 11 is 0. The summed E-state index contributed by atoms with van der Waals surface area (Å²) in [4.78, 5) is 7.13. The maximum Gasteiger partial charge on any atom is 0.0565 e. The lowest BCUT2D eigenvalue weighted by Crippen LogP contribution is -2.46. The standard InChI is InChI=1S/C15H24N4/c16-18-13-7-8-17-14(10-13)11-19-9-3-5-12-4-1-2-6-15(12)19/h7-8,10,12,15H,1-6,9,11,16H2,(H,17,18). The van der Waals surface area contributed by atoms with Crippen LogP contribution in [-0.2, 0) is 6.54 Å². The summed E-state index contributed by atoms with van der Waals surface area (Å²) in [7, 11) is 0. The predicted octanol–water partition coefficient (Wildman–Crippen LogP) is 2.52. The lowest BCUT2D eigenvalue weighted by molar-refractivity contribution is 0.0537. The molecule has 3 rings (SSSR count). The van der Waals surface area contributed by atoms with Crippen molar-refractivity contribution in [2.45, 2.75) is 51.1 Å². The van der Waals surface area contributed by atoms with Gasteiger partial charge in [0.15, 0.2) is 0 Å². The van der Waals surface area contributed by atoms with Crippen LogP contribution in [0.25, 0.3) is 0 Å². The summed E-state index contributed by atoms with van der Waals surface area (Å²) in [6, 6.07) is 4.76. The number of rotatable bonds is 3. The number of nitrogens with two attached hydrogens (primary N) is 1. The number of nitrogens with one attached hydrogen (secondary N) is 1. The van der Waals surface area contributed by atoms with Crippen molar-refractivity contribution in [3.8, 4) is 0 Å². The number of piperidine rings is 1. The molecule has 0 radical (unpaired) electrons. The molecule has 2 fully saturated rings. The molecule has 19 heavy (non-hydrogen) atoms. The monoisotopic (exact) mass is 260 g/mol. The molecule has 0 amide bonds. The van der Waals surface area contributed by atoms with E-state index < -0.39 is 0 Å². The first-order chi connectivity index (χ1) is 9.36. The molecule has 4 nitrogen and oxygen atoms in total. The number of hydrogen-bond donors (Lipinski definition) is 2. The van der Waals surface area contributed by atoms with E-state index in [9.17, 15) is 0 Å². The number of anilines is 1. The largest absolute Gasteiger partial charge is 0.324 e. The van der Waals surface area contributed by atoms with Crippen molar-refractivity contribution in [2.24, 2.45) is 11.8 Å². The van der Waals surface area contributed by atoms with E-state index in [4.69, 9.17) is 5.84 Å². The third-order valence-electron chi connectivity index (χ3n) is 4.71. The second kappa shape index (κ2) is 5.88. The van der Waals surface area contributed by atoms with Gasteiger partial charge in [-0.15, -0.1) is 0 Å². The normalized spacial score (nSPS) is 27.8. The molecular weight excluding hydrogens is 236 g/mol. The maximum absolute atomic E-state index is 5.47. The first-order valence-corrected chi connectivity index (χ1v) is 7.52. The molecule has 1 aliphatic carbocycles. The SMILES string of the molecule is NNc1ccnc(CN2CCCC3CCCCC32)c1. The summed E-state index contributed by atoms with van der Waals surface area (Å²) in [5, 5.41) is 0. The quantitative estimate of drug-likeness (QED) is 0.648. The molecule has 2 aliphatic rings. The van der Waals surface area contributed by atoms with E-state index in [2.05, 4.69) is 21.4 Å². The molecule has 0 bridgehead atoms. The second-order valence-corrected chi connectivity index (χ2v) is 5.90. The summed E-state index contributed by atoms with van der Waals surface area (Å²) in [6.07, 6.45) is 10.2. The molecule has 2 atom stereocenters. The zero-order valence-electron chi connectivity index (χ0n) is 11.5. The average Bonchev–Trinajstić information content (AvgIpc) is 2.48. The van der Waals surface area contributed by atoms with Gasteiger partial charge in [-0.2, -0.15) is 0 Å². The van der Waals surface area contributed by atoms with Gasteiger partial charge in [-0.1, -0.05) is 12.8 Å². The third kappa shape index (κ3) is 2.90. The zero-order valence-corrected chi connectivity index (χ0v) is 11.5. The highest BCUT2D eigenvalue weighted by molar-refractivity contribution is 5.41. The van der Waals surface area contributed by atoms with E-state index in [1.165, 1.54) is 45.1 Å². The highest BCUT2D eigenvalue weighted by Gasteiger charge is 2.33. The molecule has 0 aromatic carbocycles. The van der Waals surface area contributed by atoms with Crippen LogP contribution < -0.4 is 11.3 Å². The Balaban J connectivity index is 1.70. The Morgan fingerprint density at radius 2 is 2.11 bits per heavy atom. The van der Waals surface area contributed by atoms with E-state index in [1.54, 1.807) is 0 Å². The number of aromatic nitrogens is 1. The van der Waals surface area contributed by atoms with E-state index in [0.29, 0.717) is 0 Å². The molecule has 2 heterocycles. The van der Waals surface area contributed by atoms with E-state index in [0.717, 1.165) is 29.9 Å². The topological polar surface area (TPSA) is 54.2 Å². The van der Waals surface area contributed by atoms with Crippen LogP contribution in [-0.4, -0.2) is 22.5 Å². The Kier molecular flexibility index (Phi) is 3.99. The van der Waals surface area contributed by atoms with Crippen LogP contribution in [0.4, 0.5) is 5.69 Å². The van der Waals surface area contributed by atoms with Gasteiger partial charge in [-0.05, 0) is 50.3 Å². The summed E-state index contributed by atoms with van der Waals surface area (Å²) in [6.45, 7) is 2.19. The van der Waals surface area contributed by atoms with Gasteiger partial charge >= 0.3 is 0 Å². The van der Waals surface area contributed by atoms with E-state index in [1.807, 2.05) is 12.3 Å². The summed E-state index contributed by atoms with van der Waals surface area (Å²) in [5.74, 6) is 6.40. The third-order valence-corrected chi connectivity index (χ3v) is 4.71. The minimum atomic E-state index is 0.791. The smallest absolute Gasteiger partial charge is 0.0565 e. The predicted molar refractivity (Wildman–Crippen MR) is 77.4 cm³/mol. The Morgan fingerprint density at radius 1 is 1.26 bits per heavy atom. The first-order valence-electron chi connectivity index (χ1n) is 7.52. The Labute approximate surface area is 115 Å². The maximum atomic E-state index is 5.47. The van der Waals surface area contributed by atoms with Gasteiger partial charge in [0.1, 0.15) is 0 Å². The Hall–Kier alpha value is -1.13. The number of hydrazine groups is 1. The van der Waals surface area contributed by atoms with Crippen molar-refractivity contribution in [2.75, 3.05) is 12.0 Å². The van der Waals surface area contributed by atoms with Gasteiger partial charge in [0.25, 0.3) is 0 Å². The zero-order chi connectivity index (χ0) is 13.1. The van der Waals surface area contributed by atoms with Crippen molar-refractivity contribution >= 4 is 5.69 Å². The van der Waals surface area contributed by atoms with Crippen molar-refractivity contribution in [1.82, 2.24) is 9.88 Å². The molecule has 1 aliphatic heterocycles. The number of pyridine rings is 1. The molecule has 1 aromatic heterocycles. The lowest BCUT2D eigenvalue weighted by atomic mass is 9.78. The highest BCUT2D eigenvalue weighted by Crippen LogP contribution is 2.35. The number of hydrogen-bond acceptors (Lipinski definition) is 4. The molecule has 0 spiro atoms. The van der Waals surface area contributed by atoms with Crippen molar-refractivity contribution in [3.63, 3.8) is 0 Å². The van der Waals surface area contributed by atoms with E-state index in [-0.39, 0.29) is 0 Å². The fraction of sp³-hybridized carbons (Fsp3) is 0.667. The molecule has 4 heteroatoms. The number of nitrogens with zero attached hydrogens (tertiary/aromatic N) is 2. The lowest BCUT2D eigenvalue weighted by Gasteiger charge is -2.44. The van der Waals surface area contributed by atoms with Crippen LogP contribution in [0.3, 0.4) is 0 Å². The molecule has 1 saturated heterocycles. The Bertz CT molecular complexity index is 418. The fourth-order valence-electron chi connectivity index (χ4n) is 3.79.